The van der Waals surface area contributed by atoms with Crippen molar-refractivity contribution in [3.05, 3.63) is 12.7 Å². The Balaban J connectivity index is 2.75. The third-order valence-electron chi connectivity index (χ3n) is 2.65. The van der Waals surface area contributed by atoms with E-state index < -0.39 is 29.8 Å². The van der Waals surface area contributed by atoms with Crippen LogP contribution in [-0.2, 0) is 14.3 Å². The second-order valence-corrected chi connectivity index (χ2v) is 5.41. The predicted molar refractivity (Wildman–Crippen MR) is 68.9 cm³/mol. The highest BCUT2D eigenvalue weighted by Crippen LogP contribution is 2.24. The molecule has 1 saturated heterocycles. The van der Waals surface area contributed by atoms with E-state index in [0.717, 1.165) is 0 Å². The molecule has 1 aliphatic heterocycles. The van der Waals surface area contributed by atoms with E-state index in [9.17, 15) is 14.7 Å². The van der Waals surface area contributed by atoms with Crippen LogP contribution in [0.1, 0.15) is 27.2 Å². The van der Waals surface area contributed by atoms with Crippen molar-refractivity contribution in [3.63, 3.8) is 0 Å². The molecule has 1 rings (SSSR count). The Hall–Kier alpha value is -1.56. The van der Waals surface area contributed by atoms with E-state index in [4.69, 9.17) is 9.47 Å². The summed E-state index contributed by atoms with van der Waals surface area (Å²) in [7, 11) is 0. The molecule has 2 atom stereocenters. The minimum Gasteiger partial charge on any atom is -0.480 e. The zero-order valence-electron chi connectivity index (χ0n) is 11.6. The van der Waals surface area contributed by atoms with Crippen molar-refractivity contribution in [2.75, 3.05) is 13.2 Å². The van der Waals surface area contributed by atoms with Crippen LogP contribution in [0.15, 0.2) is 12.7 Å². The summed E-state index contributed by atoms with van der Waals surface area (Å²) in [6.45, 7) is 9.31. The molecule has 0 spiro atoms. The van der Waals surface area contributed by atoms with Gasteiger partial charge in [-0.15, -0.1) is 6.58 Å². The van der Waals surface area contributed by atoms with Crippen molar-refractivity contribution in [1.29, 1.82) is 0 Å². The molecule has 1 amide bonds. The summed E-state index contributed by atoms with van der Waals surface area (Å²) in [5.41, 5.74) is -0.653. The summed E-state index contributed by atoms with van der Waals surface area (Å²) in [5, 5.41) is 9.25. The monoisotopic (exact) mass is 271 g/mol. The summed E-state index contributed by atoms with van der Waals surface area (Å²) >= 11 is 0. The van der Waals surface area contributed by atoms with Crippen molar-refractivity contribution < 1.29 is 24.2 Å². The summed E-state index contributed by atoms with van der Waals surface area (Å²) in [4.78, 5) is 24.5. The number of rotatable bonds is 4. The van der Waals surface area contributed by atoms with Crippen LogP contribution in [0, 0.1) is 0 Å². The minimum atomic E-state index is -1.09. The molecular weight excluding hydrogens is 250 g/mol. The summed E-state index contributed by atoms with van der Waals surface area (Å²) in [5.74, 6) is -1.09. The van der Waals surface area contributed by atoms with Crippen LogP contribution in [0.2, 0.25) is 0 Å². The second-order valence-electron chi connectivity index (χ2n) is 5.41. The average molecular weight is 271 g/mol. The van der Waals surface area contributed by atoms with Gasteiger partial charge in [0, 0.05) is 6.54 Å². The molecule has 19 heavy (non-hydrogen) atoms. The molecule has 1 aliphatic rings. The molecule has 0 aromatic heterocycles. The molecule has 1 fully saturated rings. The molecule has 6 nitrogen and oxygen atoms in total. The number of ether oxygens (including phenoxy) is 2. The Morgan fingerprint density at radius 1 is 1.47 bits per heavy atom. The smallest absolute Gasteiger partial charge is 0.411 e. The molecule has 0 aromatic carbocycles. The van der Waals surface area contributed by atoms with Gasteiger partial charge in [-0.25, -0.2) is 9.59 Å². The quantitative estimate of drug-likeness (QED) is 0.787. The van der Waals surface area contributed by atoms with E-state index in [0.29, 0.717) is 13.0 Å². The molecular formula is C13H21NO5. The molecule has 1 unspecified atom stereocenters. The molecule has 0 radical (unpaired) electrons. The predicted octanol–water partition coefficient (Wildman–Crippen LogP) is 1.65. The number of carbonyl (C=O) groups is 2. The van der Waals surface area contributed by atoms with Gasteiger partial charge in [0.2, 0.25) is 0 Å². The van der Waals surface area contributed by atoms with Crippen LogP contribution in [0.4, 0.5) is 4.79 Å². The number of aliphatic carboxylic acids is 1. The Labute approximate surface area is 113 Å². The summed E-state index contributed by atoms with van der Waals surface area (Å²) in [6.07, 6.45) is 0.881. The molecule has 1 heterocycles. The first-order valence-electron chi connectivity index (χ1n) is 6.21. The molecule has 0 saturated carbocycles. The number of amides is 1. The first-order chi connectivity index (χ1) is 8.76. The number of carboxylic acid groups (broad SMARTS) is 1. The topological polar surface area (TPSA) is 76.1 Å². The fourth-order valence-electron chi connectivity index (χ4n) is 1.95. The zero-order chi connectivity index (χ0) is 14.6. The van der Waals surface area contributed by atoms with Gasteiger partial charge in [-0.05, 0) is 27.2 Å². The van der Waals surface area contributed by atoms with E-state index in [1.54, 1.807) is 26.8 Å². The highest BCUT2D eigenvalue weighted by Gasteiger charge is 2.44. The Morgan fingerprint density at radius 3 is 2.58 bits per heavy atom. The largest absolute Gasteiger partial charge is 0.480 e. The average Bonchev–Trinajstić information content (AvgIpc) is 2.67. The van der Waals surface area contributed by atoms with Gasteiger partial charge in [0.25, 0.3) is 0 Å². The van der Waals surface area contributed by atoms with Crippen LogP contribution in [-0.4, -0.2) is 53.0 Å². The zero-order valence-corrected chi connectivity index (χ0v) is 11.6. The lowest BCUT2D eigenvalue weighted by Gasteiger charge is -2.28. The third kappa shape index (κ3) is 4.24. The molecule has 0 aliphatic carbocycles. The standard InChI is InChI=1S/C13H21NO5/c1-5-8-18-9-6-7-14(10(9)11(15)16)12(17)19-13(2,3)4/h5,9-10H,1,6-8H2,2-4H3,(H,15,16)/t9-,10?/m0/s1. The third-order valence-corrected chi connectivity index (χ3v) is 2.65. The van der Waals surface area contributed by atoms with Crippen molar-refractivity contribution in [2.45, 2.75) is 44.9 Å². The molecule has 108 valence electrons. The van der Waals surface area contributed by atoms with E-state index in [1.807, 2.05) is 0 Å². The van der Waals surface area contributed by atoms with Crippen molar-refractivity contribution in [3.8, 4) is 0 Å². The fraction of sp³-hybridized carbons (Fsp3) is 0.692. The van der Waals surface area contributed by atoms with Gasteiger partial charge in [0.05, 0.1) is 12.7 Å². The Kier molecular flexibility index (Phi) is 4.94. The van der Waals surface area contributed by atoms with Gasteiger partial charge < -0.3 is 14.6 Å². The highest BCUT2D eigenvalue weighted by molar-refractivity contribution is 5.81. The second kappa shape index (κ2) is 6.06. The van der Waals surface area contributed by atoms with Gasteiger partial charge in [-0.3, -0.25) is 4.90 Å². The first kappa shape index (κ1) is 15.5. The van der Waals surface area contributed by atoms with Crippen LogP contribution in [0.5, 0.6) is 0 Å². The summed E-state index contributed by atoms with van der Waals surface area (Å²) < 4.78 is 10.6. The van der Waals surface area contributed by atoms with E-state index in [-0.39, 0.29) is 6.61 Å². The van der Waals surface area contributed by atoms with Crippen LogP contribution < -0.4 is 0 Å². The van der Waals surface area contributed by atoms with E-state index in [1.165, 1.54) is 4.90 Å². The van der Waals surface area contributed by atoms with Gasteiger partial charge in [-0.1, -0.05) is 6.08 Å². The number of carboxylic acids is 1. The van der Waals surface area contributed by atoms with Gasteiger partial charge >= 0.3 is 12.1 Å². The number of hydrogen-bond donors (Lipinski definition) is 1. The Bertz CT molecular complexity index is 361. The van der Waals surface area contributed by atoms with Crippen molar-refractivity contribution in [2.24, 2.45) is 0 Å². The summed E-state index contributed by atoms with van der Waals surface area (Å²) in [6, 6.07) is -1.00. The molecule has 6 heteroatoms. The maximum Gasteiger partial charge on any atom is 0.411 e. The lowest BCUT2D eigenvalue weighted by Crippen LogP contribution is -2.47. The van der Waals surface area contributed by atoms with Gasteiger partial charge in [0.1, 0.15) is 5.60 Å². The molecule has 0 aromatic rings. The lowest BCUT2D eigenvalue weighted by molar-refractivity contribution is -0.145. The van der Waals surface area contributed by atoms with Crippen molar-refractivity contribution >= 4 is 12.1 Å². The molecule has 1 N–H and O–H groups in total. The van der Waals surface area contributed by atoms with Gasteiger partial charge in [0.15, 0.2) is 6.04 Å². The maximum absolute atomic E-state index is 12.0. The van der Waals surface area contributed by atoms with Crippen LogP contribution >= 0.6 is 0 Å². The van der Waals surface area contributed by atoms with Crippen molar-refractivity contribution in [1.82, 2.24) is 4.90 Å². The Morgan fingerprint density at radius 2 is 2.11 bits per heavy atom. The SMILES string of the molecule is C=CCO[C@H]1CCN(C(=O)OC(C)(C)C)C1C(=O)O. The van der Waals surface area contributed by atoms with Crippen LogP contribution in [0.25, 0.3) is 0 Å². The van der Waals surface area contributed by atoms with Crippen LogP contribution in [0.3, 0.4) is 0 Å². The number of carbonyl (C=O) groups excluding carboxylic acids is 1. The number of hydrogen-bond acceptors (Lipinski definition) is 4. The number of nitrogens with zero attached hydrogens (tertiary/aromatic N) is 1. The lowest BCUT2D eigenvalue weighted by atomic mass is 10.1. The first-order valence-corrected chi connectivity index (χ1v) is 6.21. The number of likely N-dealkylation sites (tertiary alicyclic amines) is 1. The minimum absolute atomic E-state index is 0.261. The van der Waals surface area contributed by atoms with E-state index >= 15 is 0 Å². The van der Waals surface area contributed by atoms with E-state index in [2.05, 4.69) is 6.58 Å². The fourth-order valence-corrected chi connectivity index (χ4v) is 1.95. The molecule has 0 bridgehead atoms. The van der Waals surface area contributed by atoms with Gasteiger partial charge in [-0.2, -0.15) is 0 Å². The maximum atomic E-state index is 12.0. The highest BCUT2D eigenvalue weighted by atomic mass is 16.6. The normalized spacial score (nSPS) is 23.2.